The van der Waals surface area contributed by atoms with Crippen LogP contribution in [-0.2, 0) is 20.0 Å². The van der Waals surface area contributed by atoms with Crippen LogP contribution in [0.4, 0.5) is 10.1 Å². The van der Waals surface area contributed by atoms with Crippen molar-refractivity contribution < 1.29 is 21.2 Å². The first-order valence-corrected chi connectivity index (χ1v) is 9.63. The standard InChI is InChI=1S/C12H17FN2O4S2/c13-9-6-10(8-12(7-9)20(14,16)17)15-21(18,19)11-4-2-1-3-5-11/h6-8,11,15H,1-5H2,(H2,14,16,17). The van der Waals surface area contributed by atoms with Gasteiger partial charge < -0.3 is 0 Å². The third kappa shape index (κ3) is 4.14. The molecule has 3 N–H and O–H groups in total. The highest BCUT2D eigenvalue weighted by Gasteiger charge is 2.27. The maximum Gasteiger partial charge on any atom is 0.238 e. The van der Waals surface area contributed by atoms with Crippen molar-refractivity contribution in [3.8, 4) is 0 Å². The Morgan fingerprint density at radius 2 is 1.67 bits per heavy atom. The lowest BCUT2D eigenvalue weighted by atomic mass is 10.0. The number of rotatable bonds is 4. The summed E-state index contributed by atoms with van der Waals surface area (Å²) in [7, 11) is -7.77. The van der Waals surface area contributed by atoms with Crippen LogP contribution in [0.5, 0.6) is 0 Å². The van der Waals surface area contributed by atoms with E-state index in [-0.39, 0.29) is 5.69 Å². The van der Waals surface area contributed by atoms with Gasteiger partial charge in [-0.25, -0.2) is 26.4 Å². The lowest BCUT2D eigenvalue weighted by molar-refractivity contribution is 0.486. The molecule has 6 nitrogen and oxygen atoms in total. The number of nitrogens with two attached hydrogens (primary N) is 1. The van der Waals surface area contributed by atoms with Gasteiger partial charge in [-0.3, -0.25) is 4.72 Å². The van der Waals surface area contributed by atoms with Crippen LogP contribution in [0.15, 0.2) is 23.1 Å². The lowest BCUT2D eigenvalue weighted by Crippen LogP contribution is -2.29. The highest BCUT2D eigenvalue weighted by Crippen LogP contribution is 2.26. The van der Waals surface area contributed by atoms with E-state index in [1.165, 1.54) is 0 Å². The number of primary sulfonamides is 1. The minimum absolute atomic E-state index is 0.135. The molecule has 0 amide bonds. The molecule has 1 aromatic rings. The maximum absolute atomic E-state index is 13.4. The fraction of sp³-hybridized carbons (Fsp3) is 0.500. The Morgan fingerprint density at radius 3 is 2.24 bits per heavy atom. The highest BCUT2D eigenvalue weighted by molar-refractivity contribution is 7.93. The molecule has 1 aromatic carbocycles. The van der Waals surface area contributed by atoms with Gasteiger partial charge in [0.05, 0.1) is 15.8 Å². The molecule has 118 valence electrons. The summed E-state index contributed by atoms with van der Waals surface area (Å²) in [6.07, 6.45) is 3.76. The second-order valence-corrected chi connectivity index (χ2v) is 8.65. The van der Waals surface area contributed by atoms with Crippen LogP contribution in [0.25, 0.3) is 0 Å². The SMILES string of the molecule is NS(=O)(=O)c1cc(F)cc(NS(=O)(=O)C2CCCCC2)c1. The van der Waals surface area contributed by atoms with Crippen LogP contribution in [0.3, 0.4) is 0 Å². The van der Waals surface area contributed by atoms with Crippen molar-refractivity contribution in [2.75, 3.05) is 4.72 Å². The Hall–Kier alpha value is -1.19. The molecule has 1 fully saturated rings. The van der Waals surface area contributed by atoms with Gasteiger partial charge in [0.15, 0.2) is 0 Å². The van der Waals surface area contributed by atoms with Gasteiger partial charge in [0.25, 0.3) is 0 Å². The Balaban J connectivity index is 2.28. The quantitative estimate of drug-likeness (QED) is 0.870. The van der Waals surface area contributed by atoms with E-state index in [4.69, 9.17) is 5.14 Å². The molecular weight excluding hydrogens is 319 g/mol. The molecule has 21 heavy (non-hydrogen) atoms. The Morgan fingerprint density at radius 1 is 1.05 bits per heavy atom. The van der Waals surface area contributed by atoms with E-state index in [2.05, 4.69) is 4.72 Å². The second-order valence-electron chi connectivity index (χ2n) is 5.13. The zero-order chi connectivity index (χ0) is 15.7. The van der Waals surface area contributed by atoms with Crippen molar-refractivity contribution in [1.29, 1.82) is 0 Å². The van der Waals surface area contributed by atoms with Crippen molar-refractivity contribution in [2.45, 2.75) is 42.2 Å². The maximum atomic E-state index is 13.4. The topological polar surface area (TPSA) is 106 Å². The fourth-order valence-corrected chi connectivity index (χ4v) is 4.54. The molecule has 0 heterocycles. The summed E-state index contributed by atoms with van der Waals surface area (Å²) in [5.74, 6) is -0.872. The molecule has 1 saturated carbocycles. The van der Waals surface area contributed by atoms with Crippen LogP contribution in [0, 0.1) is 5.82 Å². The van der Waals surface area contributed by atoms with Gasteiger partial charge in [-0.2, -0.15) is 0 Å². The first-order chi connectivity index (χ1) is 9.68. The number of benzene rings is 1. The third-order valence-corrected chi connectivity index (χ3v) is 6.21. The van der Waals surface area contributed by atoms with E-state index in [0.29, 0.717) is 12.8 Å². The minimum atomic E-state index is -4.10. The van der Waals surface area contributed by atoms with Gasteiger partial charge in [-0.05, 0) is 31.0 Å². The molecule has 0 bridgehead atoms. The molecule has 0 spiro atoms. The van der Waals surface area contributed by atoms with Crippen molar-refractivity contribution in [3.63, 3.8) is 0 Å². The molecule has 0 saturated heterocycles. The molecule has 9 heteroatoms. The summed E-state index contributed by atoms with van der Waals surface area (Å²) < 4.78 is 62.6. The Labute approximate surface area is 123 Å². The summed E-state index contributed by atoms with van der Waals surface area (Å²) in [6, 6.07) is 2.68. The molecule has 0 atom stereocenters. The summed E-state index contributed by atoms with van der Waals surface area (Å²) >= 11 is 0. The van der Waals surface area contributed by atoms with Gasteiger partial charge in [0.1, 0.15) is 5.82 Å². The Bertz CT molecular complexity index is 726. The predicted octanol–water partition coefficient (Wildman–Crippen LogP) is 1.55. The number of hydrogen-bond acceptors (Lipinski definition) is 4. The normalized spacial score (nSPS) is 17.6. The van der Waals surface area contributed by atoms with Gasteiger partial charge in [0.2, 0.25) is 20.0 Å². The summed E-state index contributed by atoms with van der Waals surface area (Å²) in [6.45, 7) is 0. The van der Waals surface area contributed by atoms with Crippen molar-refractivity contribution >= 4 is 25.7 Å². The number of hydrogen-bond donors (Lipinski definition) is 2. The van der Waals surface area contributed by atoms with Gasteiger partial charge >= 0.3 is 0 Å². The van der Waals surface area contributed by atoms with Gasteiger partial charge in [0, 0.05) is 0 Å². The van der Waals surface area contributed by atoms with Gasteiger partial charge in [-0.1, -0.05) is 19.3 Å². The average Bonchev–Trinajstić information content (AvgIpc) is 2.37. The first-order valence-electron chi connectivity index (χ1n) is 6.53. The molecular formula is C12H17FN2O4S2. The molecule has 2 rings (SSSR count). The van der Waals surface area contributed by atoms with E-state index in [0.717, 1.165) is 37.5 Å². The van der Waals surface area contributed by atoms with Crippen LogP contribution in [0.1, 0.15) is 32.1 Å². The third-order valence-electron chi connectivity index (χ3n) is 3.45. The van der Waals surface area contributed by atoms with E-state index < -0.39 is 36.0 Å². The first kappa shape index (κ1) is 16.2. The fourth-order valence-electron chi connectivity index (χ4n) is 2.41. The molecule has 0 unspecified atom stereocenters. The van der Waals surface area contributed by atoms with Crippen LogP contribution in [0.2, 0.25) is 0 Å². The van der Waals surface area contributed by atoms with Crippen molar-refractivity contribution in [3.05, 3.63) is 24.0 Å². The van der Waals surface area contributed by atoms with Crippen LogP contribution in [-0.4, -0.2) is 22.1 Å². The largest absolute Gasteiger partial charge is 0.283 e. The lowest BCUT2D eigenvalue weighted by Gasteiger charge is -2.22. The average molecular weight is 336 g/mol. The molecule has 1 aliphatic rings. The molecule has 1 aliphatic carbocycles. The Kier molecular flexibility index (Phi) is 4.54. The smallest absolute Gasteiger partial charge is 0.238 e. The predicted molar refractivity (Wildman–Crippen MR) is 77.2 cm³/mol. The zero-order valence-corrected chi connectivity index (χ0v) is 12.9. The summed E-state index contributed by atoms with van der Waals surface area (Å²) in [5.41, 5.74) is -0.135. The number of sulfonamides is 2. The van der Waals surface area contributed by atoms with Crippen LogP contribution >= 0.6 is 0 Å². The van der Waals surface area contributed by atoms with E-state index in [9.17, 15) is 21.2 Å². The molecule has 0 radical (unpaired) electrons. The zero-order valence-electron chi connectivity index (χ0n) is 11.2. The van der Waals surface area contributed by atoms with Crippen molar-refractivity contribution in [1.82, 2.24) is 0 Å². The van der Waals surface area contributed by atoms with Crippen LogP contribution < -0.4 is 9.86 Å². The number of nitrogens with one attached hydrogen (secondary N) is 1. The highest BCUT2D eigenvalue weighted by atomic mass is 32.2. The van der Waals surface area contributed by atoms with E-state index in [1.54, 1.807) is 0 Å². The molecule has 0 aliphatic heterocycles. The second kappa shape index (κ2) is 5.90. The summed E-state index contributed by atoms with van der Waals surface area (Å²) in [5, 5.41) is 4.39. The van der Waals surface area contributed by atoms with E-state index >= 15 is 0 Å². The summed E-state index contributed by atoms with van der Waals surface area (Å²) in [4.78, 5) is -0.469. The van der Waals surface area contributed by atoms with Gasteiger partial charge in [-0.15, -0.1) is 0 Å². The molecule has 0 aromatic heterocycles. The minimum Gasteiger partial charge on any atom is -0.283 e. The monoisotopic (exact) mass is 336 g/mol. The van der Waals surface area contributed by atoms with Crippen molar-refractivity contribution in [2.24, 2.45) is 5.14 Å². The number of halogens is 1. The number of anilines is 1. The van der Waals surface area contributed by atoms with E-state index in [1.807, 2.05) is 0 Å².